The number of amides is 1. The second-order valence-electron chi connectivity index (χ2n) is 5.79. The summed E-state index contributed by atoms with van der Waals surface area (Å²) in [6.45, 7) is -0.0869. The molecule has 0 radical (unpaired) electrons. The molecule has 0 aliphatic rings. The zero-order valence-electron chi connectivity index (χ0n) is 14.1. The molecular weight excluding hydrogens is 408 g/mol. The topological polar surface area (TPSA) is 96.8 Å². The Hall–Kier alpha value is -2.49. The normalized spacial score (nSPS) is 11.3. The third-order valence-electron chi connectivity index (χ3n) is 3.71. The number of benzene rings is 2. The van der Waals surface area contributed by atoms with E-state index in [2.05, 4.69) is 15.5 Å². The highest BCUT2D eigenvalue weighted by Crippen LogP contribution is 2.20. The molecule has 7 nitrogen and oxygen atoms in total. The van der Waals surface area contributed by atoms with Gasteiger partial charge in [-0.05, 0) is 54.7 Å². The highest BCUT2D eigenvalue weighted by Gasteiger charge is 2.14. The Labute approximate surface area is 165 Å². The first-order chi connectivity index (χ1) is 12.7. The molecule has 140 valence electrons. The van der Waals surface area contributed by atoms with E-state index < -0.39 is 9.84 Å². The lowest BCUT2D eigenvalue weighted by molar-refractivity contribution is -0.116. The summed E-state index contributed by atoms with van der Waals surface area (Å²) in [5.74, 6) is 0.130. The molecule has 2 aromatic carbocycles. The van der Waals surface area contributed by atoms with E-state index in [0.717, 1.165) is 11.8 Å². The zero-order valence-corrected chi connectivity index (χ0v) is 16.5. The Morgan fingerprint density at radius 2 is 1.96 bits per heavy atom. The molecule has 0 spiro atoms. The predicted molar refractivity (Wildman–Crippen MR) is 106 cm³/mol. The number of H-pyrrole nitrogens is 1. The minimum atomic E-state index is -3.36. The fourth-order valence-corrected chi connectivity index (χ4v) is 3.42. The van der Waals surface area contributed by atoms with Crippen molar-refractivity contribution in [2.75, 3.05) is 11.6 Å². The number of hydrogen-bond acceptors (Lipinski definition) is 5. The maximum absolute atomic E-state index is 12.4. The van der Waals surface area contributed by atoms with E-state index in [1.165, 1.54) is 12.1 Å². The van der Waals surface area contributed by atoms with Crippen molar-refractivity contribution >= 4 is 45.3 Å². The zero-order chi connectivity index (χ0) is 19.6. The quantitative estimate of drug-likeness (QED) is 0.615. The SMILES string of the molecule is CS(=O)(=O)c1cccc(NC(=O)Cn2c(-c3ccc(Cl)cc3)n[nH]c2=S)c1. The molecule has 0 saturated carbocycles. The van der Waals surface area contributed by atoms with Crippen molar-refractivity contribution in [1.29, 1.82) is 0 Å². The van der Waals surface area contributed by atoms with Gasteiger partial charge >= 0.3 is 0 Å². The molecule has 2 N–H and O–H groups in total. The number of nitrogens with one attached hydrogen (secondary N) is 2. The van der Waals surface area contributed by atoms with Crippen LogP contribution in [0.2, 0.25) is 5.02 Å². The van der Waals surface area contributed by atoms with Crippen LogP contribution < -0.4 is 5.32 Å². The van der Waals surface area contributed by atoms with E-state index >= 15 is 0 Å². The van der Waals surface area contributed by atoms with E-state index in [1.54, 1.807) is 41.0 Å². The monoisotopic (exact) mass is 422 g/mol. The minimum absolute atomic E-state index is 0.0869. The van der Waals surface area contributed by atoms with Crippen LogP contribution in [0, 0.1) is 4.77 Å². The molecule has 0 atom stereocenters. The van der Waals surface area contributed by atoms with E-state index in [1.807, 2.05) is 0 Å². The van der Waals surface area contributed by atoms with Crippen molar-refractivity contribution in [3.63, 3.8) is 0 Å². The van der Waals surface area contributed by atoms with Crippen LogP contribution in [0.15, 0.2) is 53.4 Å². The maximum atomic E-state index is 12.4. The van der Waals surface area contributed by atoms with Gasteiger partial charge in [0.2, 0.25) is 5.91 Å². The third-order valence-corrected chi connectivity index (χ3v) is 5.38. The first kappa shape index (κ1) is 19.3. The molecule has 1 amide bonds. The molecule has 0 fully saturated rings. The molecule has 1 heterocycles. The molecule has 3 aromatic rings. The highest BCUT2D eigenvalue weighted by atomic mass is 35.5. The maximum Gasteiger partial charge on any atom is 0.244 e. The number of carbonyl (C=O) groups is 1. The van der Waals surface area contributed by atoms with Crippen molar-refractivity contribution in [1.82, 2.24) is 14.8 Å². The van der Waals surface area contributed by atoms with Gasteiger partial charge in [-0.1, -0.05) is 17.7 Å². The number of anilines is 1. The van der Waals surface area contributed by atoms with Gasteiger partial charge in [-0.25, -0.2) is 8.42 Å². The summed E-state index contributed by atoms with van der Waals surface area (Å²) in [6, 6.07) is 13.0. The summed E-state index contributed by atoms with van der Waals surface area (Å²) in [4.78, 5) is 12.6. The molecule has 0 aliphatic heterocycles. The van der Waals surface area contributed by atoms with Crippen molar-refractivity contribution in [2.45, 2.75) is 11.4 Å². The average Bonchev–Trinajstić information content (AvgIpc) is 2.96. The van der Waals surface area contributed by atoms with Gasteiger partial charge in [0.25, 0.3) is 0 Å². The van der Waals surface area contributed by atoms with Gasteiger partial charge in [0.1, 0.15) is 6.54 Å². The van der Waals surface area contributed by atoms with E-state index in [-0.39, 0.29) is 17.3 Å². The van der Waals surface area contributed by atoms with Crippen LogP contribution in [0.4, 0.5) is 5.69 Å². The minimum Gasteiger partial charge on any atom is -0.324 e. The molecule has 0 aliphatic carbocycles. The third kappa shape index (κ3) is 4.62. The standard InChI is InChI=1S/C17H15ClN4O3S2/c1-27(24,25)14-4-2-3-13(9-14)19-15(23)10-22-16(20-21-17(22)26)11-5-7-12(18)8-6-11/h2-9H,10H2,1H3,(H,19,23)(H,21,26). The summed E-state index contributed by atoms with van der Waals surface area (Å²) < 4.78 is 25.1. The smallest absolute Gasteiger partial charge is 0.244 e. The Kier molecular flexibility index (Phi) is 5.45. The second-order valence-corrected chi connectivity index (χ2v) is 8.63. The van der Waals surface area contributed by atoms with Gasteiger partial charge in [0, 0.05) is 22.5 Å². The van der Waals surface area contributed by atoms with Gasteiger partial charge in [-0.15, -0.1) is 0 Å². The lowest BCUT2D eigenvalue weighted by Gasteiger charge is -2.09. The van der Waals surface area contributed by atoms with Crippen LogP contribution in [-0.4, -0.2) is 35.3 Å². The summed E-state index contributed by atoms with van der Waals surface area (Å²) in [7, 11) is -3.36. The molecule has 3 rings (SSSR count). The predicted octanol–water partition coefficient (Wildman–Crippen LogP) is 3.30. The van der Waals surface area contributed by atoms with Gasteiger partial charge in [-0.3, -0.25) is 14.5 Å². The highest BCUT2D eigenvalue weighted by molar-refractivity contribution is 7.90. The summed E-state index contributed by atoms with van der Waals surface area (Å²) in [5, 5.41) is 10.1. The fraction of sp³-hybridized carbons (Fsp3) is 0.118. The molecule has 0 saturated heterocycles. The molecule has 27 heavy (non-hydrogen) atoms. The largest absolute Gasteiger partial charge is 0.324 e. The van der Waals surface area contributed by atoms with E-state index in [4.69, 9.17) is 23.8 Å². The summed E-state index contributed by atoms with van der Waals surface area (Å²) in [6.07, 6.45) is 1.11. The molecule has 10 heteroatoms. The Morgan fingerprint density at radius 1 is 1.26 bits per heavy atom. The van der Waals surface area contributed by atoms with Crippen LogP contribution >= 0.6 is 23.8 Å². The van der Waals surface area contributed by atoms with Crippen LogP contribution in [0.3, 0.4) is 0 Å². The average molecular weight is 423 g/mol. The van der Waals surface area contributed by atoms with Crippen molar-refractivity contribution < 1.29 is 13.2 Å². The molecule has 1 aromatic heterocycles. The van der Waals surface area contributed by atoms with Gasteiger partial charge in [0.15, 0.2) is 20.4 Å². The number of rotatable bonds is 5. The van der Waals surface area contributed by atoms with Crippen LogP contribution in [0.1, 0.15) is 0 Å². The number of aromatic nitrogens is 3. The van der Waals surface area contributed by atoms with Gasteiger partial charge in [0.05, 0.1) is 4.90 Å². The number of hydrogen-bond donors (Lipinski definition) is 2. The molecular formula is C17H15ClN4O3S2. The summed E-state index contributed by atoms with van der Waals surface area (Å²) >= 11 is 11.1. The number of sulfone groups is 1. The first-order valence-electron chi connectivity index (χ1n) is 7.75. The lowest BCUT2D eigenvalue weighted by atomic mass is 10.2. The Morgan fingerprint density at radius 3 is 2.63 bits per heavy atom. The van der Waals surface area contributed by atoms with Crippen molar-refractivity contribution in [3.05, 3.63) is 58.3 Å². The second kappa shape index (κ2) is 7.63. The number of carbonyl (C=O) groups excluding carboxylic acids is 1. The van der Waals surface area contributed by atoms with Crippen LogP contribution in [0.25, 0.3) is 11.4 Å². The molecule has 0 unspecified atom stereocenters. The van der Waals surface area contributed by atoms with Crippen LogP contribution in [0.5, 0.6) is 0 Å². The van der Waals surface area contributed by atoms with Crippen LogP contribution in [-0.2, 0) is 21.2 Å². The van der Waals surface area contributed by atoms with Crippen molar-refractivity contribution in [3.8, 4) is 11.4 Å². The van der Waals surface area contributed by atoms with E-state index in [9.17, 15) is 13.2 Å². The van der Waals surface area contributed by atoms with Gasteiger partial charge in [-0.2, -0.15) is 5.10 Å². The van der Waals surface area contributed by atoms with E-state index in [0.29, 0.717) is 21.3 Å². The molecule has 0 bridgehead atoms. The van der Waals surface area contributed by atoms with Gasteiger partial charge < -0.3 is 5.32 Å². The Balaban J connectivity index is 1.82. The number of aromatic amines is 1. The first-order valence-corrected chi connectivity index (χ1v) is 10.4. The Bertz CT molecular complexity index is 1150. The fourth-order valence-electron chi connectivity index (χ4n) is 2.43. The summed E-state index contributed by atoms with van der Waals surface area (Å²) in [5.41, 5.74) is 1.13. The van der Waals surface area contributed by atoms with Crippen molar-refractivity contribution in [2.24, 2.45) is 0 Å². The number of nitrogens with zero attached hydrogens (tertiary/aromatic N) is 2. The number of halogens is 1. The lowest BCUT2D eigenvalue weighted by Crippen LogP contribution is -2.19.